The van der Waals surface area contributed by atoms with Crippen molar-refractivity contribution in [2.24, 2.45) is 0 Å². The molecule has 0 aromatic heterocycles. The lowest BCUT2D eigenvalue weighted by Crippen LogP contribution is -2.41. The summed E-state index contributed by atoms with van der Waals surface area (Å²) in [5.74, 6) is -0.949. The number of benzene rings is 1. The van der Waals surface area contributed by atoms with Crippen LogP contribution >= 0.6 is 11.6 Å². The van der Waals surface area contributed by atoms with Crippen molar-refractivity contribution in [3.8, 4) is 5.75 Å². The molecule has 19 heavy (non-hydrogen) atoms. The molecule has 2 rings (SSSR count). The highest BCUT2D eigenvalue weighted by Crippen LogP contribution is 2.25. The number of aromatic carboxylic acids is 1. The minimum Gasteiger partial charge on any atom is -0.482 e. The second-order valence-corrected chi connectivity index (χ2v) is 4.84. The molecular formula is C13H14ClNO4. The number of halogens is 1. The van der Waals surface area contributed by atoms with E-state index in [2.05, 4.69) is 5.32 Å². The summed E-state index contributed by atoms with van der Waals surface area (Å²) in [6.45, 7) is -0.122. The first-order chi connectivity index (χ1) is 9.06. The predicted octanol–water partition coefficient (Wildman–Crippen LogP) is 2.09. The first-order valence-corrected chi connectivity index (χ1v) is 6.39. The molecule has 1 aliphatic carbocycles. The molecule has 6 heteroatoms. The molecule has 1 aromatic rings. The van der Waals surface area contributed by atoms with Gasteiger partial charge in [0.2, 0.25) is 0 Å². The van der Waals surface area contributed by atoms with Gasteiger partial charge in [-0.05, 0) is 37.5 Å². The average Bonchev–Trinajstić information content (AvgIpc) is 2.32. The summed E-state index contributed by atoms with van der Waals surface area (Å²) < 4.78 is 5.27. The van der Waals surface area contributed by atoms with Crippen LogP contribution in [0.1, 0.15) is 29.6 Å². The van der Waals surface area contributed by atoms with E-state index in [1.165, 1.54) is 18.2 Å². The van der Waals surface area contributed by atoms with Gasteiger partial charge in [-0.25, -0.2) is 4.79 Å². The Kier molecular flexibility index (Phi) is 4.27. The minimum atomic E-state index is -1.06. The smallest absolute Gasteiger partial charge is 0.335 e. The van der Waals surface area contributed by atoms with Gasteiger partial charge in [0, 0.05) is 6.04 Å². The van der Waals surface area contributed by atoms with Crippen molar-refractivity contribution in [3.63, 3.8) is 0 Å². The Hall–Kier alpha value is -1.75. The SMILES string of the molecule is O=C(COc1ccc(C(=O)O)cc1Cl)NC1CCC1. The van der Waals surface area contributed by atoms with Gasteiger partial charge in [0.25, 0.3) is 5.91 Å². The molecule has 0 unspecified atom stereocenters. The maximum Gasteiger partial charge on any atom is 0.335 e. The summed E-state index contributed by atoms with van der Waals surface area (Å²) in [6, 6.07) is 4.39. The highest BCUT2D eigenvalue weighted by molar-refractivity contribution is 6.32. The van der Waals surface area contributed by atoms with E-state index in [0.29, 0.717) is 5.75 Å². The summed E-state index contributed by atoms with van der Waals surface area (Å²) in [6.07, 6.45) is 3.17. The molecule has 1 saturated carbocycles. The number of rotatable bonds is 5. The quantitative estimate of drug-likeness (QED) is 0.867. The molecule has 0 bridgehead atoms. The number of carboxylic acids is 1. The summed E-state index contributed by atoms with van der Waals surface area (Å²) in [4.78, 5) is 22.3. The van der Waals surface area contributed by atoms with Crippen molar-refractivity contribution >= 4 is 23.5 Å². The van der Waals surface area contributed by atoms with E-state index in [9.17, 15) is 9.59 Å². The number of carbonyl (C=O) groups excluding carboxylic acids is 1. The maximum absolute atomic E-state index is 11.5. The number of nitrogens with one attached hydrogen (secondary N) is 1. The highest BCUT2D eigenvalue weighted by Gasteiger charge is 2.19. The van der Waals surface area contributed by atoms with E-state index in [1.807, 2.05) is 0 Å². The van der Waals surface area contributed by atoms with Gasteiger partial charge in [-0.15, -0.1) is 0 Å². The van der Waals surface area contributed by atoms with Crippen molar-refractivity contribution in [3.05, 3.63) is 28.8 Å². The van der Waals surface area contributed by atoms with E-state index in [1.54, 1.807) is 0 Å². The Morgan fingerprint density at radius 2 is 2.16 bits per heavy atom. The van der Waals surface area contributed by atoms with E-state index in [0.717, 1.165) is 19.3 Å². The van der Waals surface area contributed by atoms with E-state index in [-0.39, 0.29) is 29.1 Å². The molecule has 2 N–H and O–H groups in total. The number of carboxylic acid groups (broad SMARTS) is 1. The van der Waals surface area contributed by atoms with E-state index in [4.69, 9.17) is 21.4 Å². The summed E-state index contributed by atoms with van der Waals surface area (Å²) in [7, 11) is 0. The molecular weight excluding hydrogens is 270 g/mol. The average molecular weight is 284 g/mol. The van der Waals surface area contributed by atoms with Gasteiger partial charge in [-0.1, -0.05) is 11.6 Å². The highest BCUT2D eigenvalue weighted by atomic mass is 35.5. The van der Waals surface area contributed by atoms with Crippen LogP contribution in [0.25, 0.3) is 0 Å². The molecule has 0 aliphatic heterocycles. The van der Waals surface area contributed by atoms with Gasteiger partial charge in [-0.3, -0.25) is 4.79 Å². The van der Waals surface area contributed by atoms with Crippen molar-refractivity contribution in [2.75, 3.05) is 6.61 Å². The second kappa shape index (κ2) is 5.93. The lowest BCUT2D eigenvalue weighted by atomic mass is 9.93. The Bertz CT molecular complexity index is 499. The molecule has 1 aliphatic rings. The molecule has 5 nitrogen and oxygen atoms in total. The van der Waals surface area contributed by atoms with Gasteiger partial charge in [-0.2, -0.15) is 0 Å². The summed E-state index contributed by atoms with van der Waals surface area (Å²) in [5.41, 5.74) is 0.0799. The van der Waals surface area contributed by atoms with Crippen molar-refractivity contribution < 1.29 is 19.4 Å². The largest absolute Gasteiger partial charge is 0.482 e. The topological polar surface area (TPSA) is 75.6 Å². The number of amides is 1. The van der Waals surface area contributed by atoms with Crippen LogP contribution < -0.4 is 10.1 Å². The molecule has 1 aromatic carbocycles. The van der Waals surface area contributed by atoms with Gasteiger partial charge < -0.3 is 15.2 Å². The van der Waals surface area contributed by atoms with Gasteiger partial charge in [0.1, 0.15) is 5.75 Å². The molecule has 0 spiro atoms. The van der Waals surface area contributed by atoms with Crippen LogP contribution in [0.4, 0.5) is 0 Å². The molecule has 0 heterocycles. The Morgan fingerprint density at radius 1 is 1.42 bits per heavy atom. The third-order valence-corrected chi connectivity index (χ3v) is 3.30. The first-order valence-electron chi connectivity index (χ1n) is 6.01. The van der Waals surface area contributed by atoms with Crippen LogP contribution in [0.3, 0.4) is 0 Å². The van der Waals surface area contributed by atoms with Crippen LogP contribution in [-0.2, 0) is 4.79 Å². The van der Waals surface area contributed by atoms with Gasteiger partial charge in [0.05, 0.1) is 10.6 Å². The normalized spacial score (nSPS) is 14.6. The summed E-state index contributed by atoms with van der Waals surface area (Å²) >= 11 is 5.88. The second-order valence-electron chi connectivity index (χ2n) is 4.43. The lowest BCUT2D eigenvalue weighted by molar-refractivity contribution is -0.124. The molecule has 102 valence electrons. The number of hydrogen-bond donors (Lipinski definition) is 2. The fourth-order valence-electron chi connectivity index (χ4n) is 1.72. The van der Waals surface area contributed by atoms with Crippen molar-refractivity contribution in [1.29, 1.82) is 0 Å². The van der Waals surface area contributed by atoms with E-state index >= 15 is 0 Å². The zero-order valence-electron chi connectivity index (χ0n) is 10.2. The predicted molar refractivity (Wildman–Crippen MR) is 69.7 cm³/mol. The first kappa shape index (κ1) is 13.7. The number of hydrogen-bond acceptors (Lipinski definition) is 3. The van der Waals surface area contributed by atoms with Crippen LogP contribution in [-0.4, -0.2) is 29.6 Å². The molecule has 0 atom stereocenters. The van der Waals surface area contributed by atoms with E-state index < -0.39 is 5.97 Å². The standard InChI is InChI=1S/C13H14ClNO4/c14-10-6-8(13(17)18)4-5-11(10)19-7-12(16)15-9-2-1-3-9/h4-6,9H,1-3,7H2,(H,15,16)(H,17,18). The number of ether oxygens (including phenoxy) is 1. The number of carbonyl (C=O) groups is 2. The Labute approximate surface area is 115 Å². The monoisotopic (exact) mass is 283 g/mol. The maximum atomic E-state index is 11.5. The minimum absolute atomic E-state index is 0.0799. The molecule has 0 saturated heterocycles. The third-order valence-electron chi connectivity index (χ3n) is 3.01. The Balaban J connectivity index is 1.88. The third kappa shape index (κ3) is 3.61. The van der Waals surface area contributed by atoms with Gasteiger partial charge >= 0.3 is 5.97 Å². The van der Waals surface area contributed by atoms with Crippen LogP contribution in [0.5, 0.6) is 5.75 Å². The van der Waals surface area contributed by atoms with Crippen LogP contribution in [0.2, 0.25) is 5.02 Å². The zero-order chi connectivity index (χ0) is 13.8. The molecule has 1 amide bonds. The fourth-order valence-corrected chi connectivity index (χ4v) is 1.95. The van der Waals surface area contributed by atoms with Gasteiger partial charge in [0.15, 0.2) is 6.61 Å². The van der Waals surface area contributed by atoms with Crippen molar-refractivity contribution in [1.82, 2.24) is 5.32 Å². The van der Waals surface area contributed by atoms with Crippen LogP contribution in [0.15, 0.2) is 18.2 Å². The fraction of sp³-hybridized carbons (Fsp3) is 0.385. The lowest BCUT2D eigenvalue weighted by Gasteiger charge is -2.26. The van der Waals surface area contributed by atoms with Crippen LogP contribution in [0, 0.1) is 0 Å². The zero-order valence-corrected chi connectivity index (χ0v) is 10.9. The Morgan fingerprint density at radius 3 is 2.68 bits per heavy atom. The summed E-state index contributed by atoms with van der Waals surface area (Å²) in [5, 5.41) is 11.8. The molecule has 1 fully saturated rings. The molecule has 0 radical (unpaired) electrons. The van der Waals surface area contributed by atoms with Crippen molar-refractivity contribution in [2.45, 2.75) is 25.3 Å².